The van der Waals surface area contributed by atoms with Gasteiger partial charge in [0.25, 0.3) is 0 Å². The smallest absolute Gasteiger partial charge is 0.327 e. The van der Waals surface area contributed by atoms with Crippen molar-refractivity contribution in [1.82, 2.24) is 10.6 Å². The lowest BCUT2D eigenvalue weighted by molar-refractivity contribution is -0.147. The first-order chi connectivity index (χ1) is 23.4. The van der Waals surface area contributed by atoms with Gasteiger partial charge in [0.05, 0.1) is 25.4 Å². The lowest BCUT2D eigenvalue weighted by Crippen LogP contribution is -2.49. The van der Waals surface area contributed by atoms with Gasteiger partial charge in [0, 0.05) is 23.5 Å². The van der Waals surface area contributed by atoms with Crippen molar-refractivity contribution in [2.75, 3.05) is 13.2 Å². The van der Waals surface area contributed by atoms with Crippen LogP contribution in [0.4, 0.5) is 0 Å². The number of nitrogens with one attached hydrogen (secondary N) is 2. The Bertz CT molecular complexity index is 1160. The lowest BCUT2D eigenvalue weighted by atomic mass is 9.87. The number of nitriles is 2. The van der Waals surface area contributed by atoms with Crippen molar-refractivity contribution in [3.05, 3.63) is 46.8 Å². The third-order valence-corrected chi connectivity index (χ3v) is 10.2. The molecule has 3 aliphatic carbocycles. The number of hydrogen-bond donors (Lipinski definition) is 2. The summed E-state index contributed by atoms with van der Waals surface area (Å²) in [5.41, 5.74) is 3.51. The molecule has 0 bridgehead atoms. The Morgan fingerprint density at radius 2 is 1.17 bits per heavy atom. The minimum absolute atomic E-state index is 0.155. The Hall–Kier alpha value is -3.52. The monoisotopic (exact) mass is 660 g/mol. The maximum Gasteiger partial charge on any atom is 0.327 e. The average molecular weight is 661 g/mol. The van der Waals surface area contributed by atoms with Gasteiger partial charge in [-0.1, -0.05) is 91.2 Å². The normalized spacial score (nSPS) is 21.8. The first-order valence-corrected chi connectivity index (χ1v) is 18.8. The van der Waals surface area contributed by atoms with Gasteiger partial charge < -0.3 is 20.1 Å². The van der Waals surface area contributed by atoms with E-state index in [0.717, 1.165) is 112 Å². The summed E-state index contributed by atoms with van der Waals surface area (Å²) in [7, 11) is 0. The fourth-order valence-electron chi connectivity index (χ4n) is 6.95. The van der Waals surface area contributed by atoms with Gasteiger partial charge in [-0.15, -0.1) is 0 Å². The zero-order chi connectivity index (χ0) is 34.7. The van der Waals surface area contributed by atoms with Crippen LogP contribution in [0.1, 0.15) is 130 Å². The molecule has 0 heterocycles. The number of rotatable bonds is 20. The minimum Gasteiger partial charge on any atom is -0.464 e. The van der Waals surface area contributed by atoms with E-state index in [1.54, 1.807) is 0 Å². The summed E-state index contributed by atoms with van der Waals surface area (Å²) in [5.74, 6) is -1.99. The molecule has 0 spiro atoms. The van der Waals surface area contributed by atoms with E-state index in [2.05, 4.69) is 62.6 Å². The van der Waals surface area contributed by atoms with E-state index < -0.39 is 23.8 Å². The van der Waals surface area contributed by atoms with Crippen LogP contribution in [0.15, 0.2) is 46.8 Å². The minimum atomic E-state index is -0.889. The summed E-state index contributed by atoms with van der Waals surface area (Å²) in [5, 5.41) is 27.4. The highest BCUT2D eigenvalue weighted by Gasteiger charge is 2.31. The molecule has 0 radical (unpaired) electrons. The summed E-state index contributed by atoms with van der Waals surface area (Å²) in [6, 6.07) is 4.74. The van der Waals surface area contributed by atoms with Crippen molar-refractivity contribution >= 4 is 11.9 Å². The SMILES string of the molecule is CCCCC(CC)COC(=O)C(C#N)C1=CC(NC2CCCCC2NC2=CCCC(C(C#N)C(=O)OCC(CC)CCCC)=C2)=CCC1. The predicted octanol–water partition coefficient (Wildman–Crippen LogP) is 8.48. The van der Waals surface area contributed by atoms with Crippen LogP contribution in [0.2, 0.25) is 0 Å². The highest BCUT2D eigenvalue weighted by atomic mass is 16.5. The number of carbonyl (C=O) groups is 2. The van der Waals surface area contributed by atoms with Gasteiger partial charge in [0.2, 0.25) is 0 Å². The molecule has 0 amide bonds. The van der Waals surface area contributed by atoms with Crippen LogP contribution < -0.4 is 10.6 Å². The maximum absolute atomic E-state index is 13.0. The number of nitrogens with zero attached hydrogens (tertiary/aromatic N) is 2. The van der Waals surface area contributed by atoms with Gasteiger partial charge in [-0.05, 0) is 86.5 Å². The highest BCUT2D eigenvalue weighted by molar-refractivity contribution is 5.79. The van der Waals surface area contributed by atoms with Crippen LogP contribution in [-0.2, 0) is 19.1 Å². The number of ether oxygens (including phenoxy) is 2. The Balaban J connectivity index is 1.62. The van der Waals surface area contributed by atoms with Crippen LogP contribution in [0.25, 0.3) is 0 Å². The number of hydrogen-bond acceptors (Lipinski definition) is 8. The van der Waals surface area contributed by atoms with Crippen LogP contribution in [-0.4, -0.2) is 37.2 Å². The van der Waals surface area contributed by atoms with E-state index in [-0.39, 0.29) is 12.1 Å². The van der Waals surface area contributed by atoms with Crippen molar-refractivity contribution in [2.45, 2.75) is 143 Å². The molecule has 0 aromatic rings. The molecule has 1 saturated carbocycles. The van der Waals surface area contributed by atoms with Crippen molar-refractivity contribution < 1.29 is 19.1 Å². The Morgan fingerprint density at radius 3 is 1.52 bits per heavy atom. The Kier molecular flexibility index (Phi) is 17.4. The van der Waals surface area contributed by atoms with Crippen molar-refractivity contribution in [3.8, 4) is 12.1 Å². The van der Waals surface area contributed by atoms with Crippen LogP contribution in [0.3, 0.4) is 0 Å². The largest absolute Gasteiger partial charge is 0.464 e. The highest BCUT2D eigenvalue weighted by Crippen LogP contribution is 2.29. The van der Waals surface area contributed by atoms with Crippen LogP contribution >= 0.6 is 0 Å². The van der Waals surface area contributed by atoms with Crippen molar-refractivity contribution in [2.24, 2.45) is 23.7 Å². The summed E-state index contributed by atoms with van der Waals surface area (Å²) >= 11 is 0. The topological polar surface area (TPSA) is 124 Å². The number of carbonyl (C=O) groups excluding carboxylic acids is 2. The third-order valence-electron chi connectivity index (χ3n) is 10.2. The second-order valence-corrected chi connectivity index (χ2v) is 13.8. The predicted molar refractivity (Wildman–Crippen MR) is 190 cm³/mol. The summed E-state index contributed by atoms with van der Waals surface area (Å²) in [6.07, 6.45) is 23.8. The number of unbranched alkanes of at least 4 members (excludes halogenated alkanes) is 2. The van der Waals surface area contributed by atoms with E-state index in [4.69, 9.17) is 9.47 Å². The van der Waals surface area contributed by atoms with Gasteiger partial charge in [-0.2, -0.15) is 10.5 Å². The molecule has 0 aromatic heterocycles. The quantitative estimate of drug-likeness (QED) is 0.125. The lowest BCUT2D eigenvalue weighted by Gasteiger charge is -2.36. The van der Waals surface area contributed by atoms with E-state index in [1.165, 1.54) is 0 Å². The fraction of sp³-hybridized carbons (Fsp3) is 0.700. The van der Waals surface area contributed by atoms with Crippen molar-refractivity contribution in [1.29, 1.82) is 10.5 Å². The van der Waals surface area contributed by atoms with Crippen LogP contribution in [0, 0.1) is 46.3 Å². The zero-order valence-corrected chi connectivity index (χ0v) is 30.0. The molecule has 6 unspecified atom stereocenters. The standard InChI is InChI=1S/C40H60N4O4/c1-5-9-15-29(7-3)27-47-39(45)35(25-41)31-17-13-19-33(23-31)43-37-21-11-12-22-38(37)44-34-20-14-18-32(24-34)36(26-42)40(46)48-28-30(8-4)16-10-6-2/h19-20,23-24,29-30,35-38,43-44H,5-18,21-22,27-28H2,1-4H3. The number of allylic oxidation sites excluding steroid dienone is 4. The van der Waals surface area contributed by atoms with E-state index in [1.807, 2.05) is 12.2 Å². The van der Waals surface area contributed by atoms with Gasteiger partial charge >= 0.3 is 11.9 Å². The molecule has 0 aromatic carbocycles. The maximum atomic E-state index is 13.0. The molecule has 0 saturated heterocycles. The molecule has 3 rings (SSSR count). The summed E-state index contributed by atoms with van der Waals surface area (Å²) in [4.78, 5) is 26.0. The van der Waals surface area contributed by atoms with Crippen LogP contribution in [0.5, 0.6) is 0 Å². The molecule has 8 heteroatoms. The zero-order valence-electron chi connectivity index (χ0n) is 30.0. The summed E-state index contributed by atoms with van der Waals surface area (Å²) < 4.78 is 11.3. The first kappa shape index (κ1) is 38.9. The molecule has 0 aliphatic heterocycles. The van der Waals surface area contributed by atoms with E-state index in [0.29, 0.717) is 37.9 Å². The van der Waals surface area contributed by atoms with E-state index >= 15 is 0 Å². The first-order valence-electron chi connectivity index (χ1n) is 18.8. The second kappa shape index (κ2) is 21.5. The third kappa shape index (κ3) is 12.2. The average Bonchev–Trinajstić information content (AvgIpc) is 3.10. The molecule has 264 valence electrons. The number of esters is 2. The van der Waals surface area contributed by atoms with Crippen molar-refractivity contribution in [3.63, 3.8) is 0 Å². The molecular weight excluding hydrogens is 600 g/mol. The second-order valence-electron chi connectivity index (χ2n) is 13.8. The van der Waals surface area contributed by atoms with Gasteiger partial charge in [-0.3, -0.25) is 9.59 Å². The molecule has 6 atom stereocenters. The van der Waals surface area contributed by atoms with Gasteiger partial charge in [0.15, 0.2) is 11.8 Å². The molecular formula is C40H60N4O4. The Labute approximate surface area is 290 Å². The fourth-order valence-corrected chi connectivity index (χ4v) is 6.95. The summed E-state index contributed by atoms with van der Waals surface area (Å²) in [6.45, 7) is 9.30. The Morgan fingerprint density at radius 1 is 0.750 bits per heavy atom. The molecule has 2 N–H and O–H groups in total. The molecule has 8 nitrogen and oxygen atoms in total. The van der Waals surface area contributed by atoms with Gasteiger partial charge in [0.1, 0.15) is 0 Å². The molecule has 48 heavy (non-hydrogen) atoms. The molecule has 3 aliphatic rings. The molecule has 1 fully saturated rings. The van der Waals surface area contributed by atoms with Gasteiger partial charge in [-0.25, -0.2) is 0 Å². The van der Waals surface area contributed by atoms with E-state index in [9.17, 15) is 20.1 Å².